The molecule has 4 nitrogen and oxygen atoms in total. The molecule has 3 atom stereocenters. The number of carbonyl (C=O) groups is 1. The Labute approximate surface area is 247 Å². The lowest BCUT2D eigenvalue weighted by atomic mass is 9.99. The molecular weight excluding hydrogens is 522 g/mol. The highest BCUT2D eigenvalue weighted by molar-refractivity contribution is 6.99. The van der Waals surface area contributed by atoms with E-state index in [1.165, 1.54) is 27.1 Å². The van der Waals surface area contributed by atoms with Crippen molar-refractivity contribution < 1.29 is 14.0 Å². The Hall–Kier alpha value is -3.15. The summed E-state index contributed by atoms with van der Waals surface area (Å²) in [7, 11) is -2.75. The second-order valence-electron chi connectivity index (χ2n) is 13.8. The monoisotopic (exact) mass is 567 g/mol. The molecule has 41 heavy (non-hydrogen) atoms. The Balaban J connectivity index is 1.56. The highest BCUT2D eigenvalue weighted by Gasteiger charge is 2.54. The Kier molecular flexibility index (Phi) is 7.82. The minimum absolute atomic E-state index is 0.0214. The van der Waals surface area contributed by atoms with Gasteiger partial charge < -0.3 is 9.16 Å². The number of likely N-dealkylation sites (tertiary alicyclic amines) is 1. The maximum Gasteiger partial charge on any atom is 0.411 e. The number of carbonyl (C=O) groups excluding carboxylic acids is 1. The third kappa shape index (κ3) is 5.42. The van der Waals surface area contributed by atoms with E-state index in [1.807, 2.05) is 31.7 Å². The molecule has 0 saturated carbocycles. The molecule has 2 aliphatic rings. The van der Waals surface area contributed by atoms with E-state index in [2.05, 4.69) is 107 Å². The van der Waals surface area contributed by atoms with Crippen LogP contribution in [0, 0.1) is 12.8 Å². The van der Waals surface area contributed by atoms with Crippen molar-refractivity contribution in [1.82, 2.24) is 4.90 Å². The van der Waals surface area contributed by atoms with Crippen LogP contribution in [-0.4, -0.2) is 37.6 Å². The van der Waals surface area contributed by atoms with Crippen LogP contribution >= 0.6 is 0 Å². The van der Waals surface area contributed by atoms with Crippen molar-refractivity contribution in [2.45, 2.75) is 84.0 Å². The molecule has 1 heterocycles. The SMILES string of the molecule is C=Cc1cc2c(cc1C)C[C@@H]1C[C@@H](CO[Si](c3ccccc3)(c3ccccc3)C(C)(C)C)N(C(=O)OC(C)(C)C)[C@H]21. The zero-order valence-corrected chi connectivity index (χ0v) is 26.7. The van der Waals surface area contributed by atoms with Gasteiger partial charge in [-0.25, -0.2) is 4.79 Å². The van der Waals surface area contributed by atoms with Gasteiger partial charge in [0.05, 0.1) is 18.7 Å². The Morgan fingerprint density at radius 3 is 2.07 bits per heavy atom. The van der Waals surface area contributed by atoms with Crippen molar-refractivity contribution >= 4 is 30.9 Å². The molecule has 1 fully saturated rings. The van der Waals surface area contributed by atoms with Crippen LogP contribution in [0.15, 0.2) is 79.4 Å². The Morgan fingerprint density at radius 1 is 0.976 bits per heavy atom. The fraction of sp³-hybridized carbons (Fsp3) is 0.417. The van der Waals surface area contributed by atoms with Gasteiger partial charge in [0, 0.05) is 0 Å². The van der Waals surface area contributed by atoms with Gasteiger partial charge in [-0.1, -0.05) is 100 Å². The molecule has 3 aromatic rings. The summed E-state index contributed by atoms with van der Waals surface area (Å²) >= 11 is 0. The molecule has 0 N–H and O–H groups in total. The molecular formula is C36H45NO3Si. The van der Waals surface area contributed by atoms with E-state index < -0.39 is 13.9 Å². The number of benzene rings is 3. The molecule has 1 aliphatic heterocycles. The minimum atomic E-state index is -2.75. The summed E-state index contributed by atoms with van der Waals surface area (Å²) in [6, 6.07) is 25.9. The summed E-state index contributed by atoms with van der Waals surface area (Å²) in [5.41, 5.74) is 4.34. The van der Waals surface area contributed by atoms with Gasteiger partial charge in [-0.15, -0.1) is 0 Å². The lowest BCUT2D eigenvalue weighted by Crippen LogP contribution is -2.67. The molecule has 1 saturated heterocycles. The normalized spacial score (nSPS) is 20.5. The standard InChI is InChI=1S/C36H45NO3Si/c1-9-26-23-32-27(20-25(26)2)21-28-22-29(37(33(28)32)34(38)40-35(3,4)5)24-39-41(36(6,7)8,30-16-12-10-13-17-30)31-18-14-11-15-19-31/h9-20,23,28-29,33H,1,21-22,24H2,2-8H3/t28-,29+,33+/m1/s1. The number of fused-ring (bicyclic) bond motifs is 3. The molecule has 0 unspecified atom stereocenters. The number of amides is 1. The van der Waals surface area contributed by atoms with Crippen molar-refractivity contribution in [3.05, 3.63) is 102 Å². The van der Waals surface area contributed by atoms with Crippen molar-refractivity contribution in [3.63, 3.8) is 0 Å². The van der Waals surface area contributed by atoms with Crippen molar-refractivity contribution in [3.8, 4) is 0 Å². The van der Waals surface area contributed by atoms with Crippen molar-refractivity contribution in [2.24, 2.45) is 5.92 Å². The predicted molar refractivity (Wildman–Crippen MR) is 171 cm³/mol. The molecule has 5 heteroatoms. The quantitative estimate of drug-likeness (QED) is 0.291. The zero-order valence-electron chi connectivity index (χ0n) is 25.7. The molecule has 1 aliphatic carbocycles. The van der Waals surface area contributed by atoms with Crippen LogP contribution in [0.4, 0.5) is 4.79 Å². The Bertz CT molecular complexity index is 1360. The van der Waals surface area contributed by atoms with Crippen LogP contribution < -0.4 is 10.4 Å². The first-order valence-corrected chi connectivity index (χ1v) is 16.8. The molecule has 0 bridgehead atoms. The van der Waals surface area contributed by atoms with Crippen molar-refractivity contribution in [2.75, 3.05) is 6.61 Å². The first-order chi connectivity index (χ1) is 19.4. The van der Waals surface area contributed by atoms with E-state index in [1.54, 1.807) is 0 Å². The fourth-order valence-electron chi connectivity index (χ4n) is 7.11. The third-order valence-electron chi connectivity index (χ3n) is 8.78. The summed E-state index contributed by atoms with van der Waals surface area (Å²) < 4.78 is 13.4. The average Bonchev–Trinajstić information content (AvgIpc) is 3.43. The number of rotatable bonds is 6. The second-order valence-corrected chi connectivity index (χ2v) is 18.1. The van der Waals surface area contributed by atoms with Gasteiger partial charge >= 0.3 is 6.09 Å². The maximum absolute atomic E-state index is 13.9. The van der Waals surface area contributed by atoms with Crippen molar-refractivity contribution in [1.29, 1.82) is 0 Å². The lowest BCUT2D eigenvalue weighted by molar-refractivity contribution is 0.00876. The smallest absolute Gasteiger partial charge is 0.411 e. The topological polar surface area (TPSA) is 38.8 Å². The van der Waals surface area contributed by atoms with Gasteiger partial charge in [0.15, 0.2) is 0 Å². The number of hydrogen-bond donors (Lipinski definition) is 0. The summed E-state index contributed by atoms with van der Waals surface area (Å²) in [4.78, 5) is 16.0. The van der Waals surface area contributed by atoms with Crippen LogP contribution in [0.1, 0.15) is 76.3 Å². The maximum atomic E-state index is 13.9. The van der Waals surface area contributed by atoms with Gasteiger partial charge in [0.25, 0.3) is 8.32 Å². The molecule has 0 radical (unpaired) electrons. The summed E-state index contributed by atoms with van der Waals surface area (Å²) in [5.74, 6) is 0.338. The van der Waals surface area contributed by atoms with Gasteiger partial charge in [0.2, 0.25) is 0 Å². The predicted octanol–water partition coefficient (Wildman–Crippen LogP) is 7.44. The first-order valence-electron chi connectivity index (χ1n) is 14.9. The minimum Gasteiger partial charge on any atom is -0.444 e. The zero-order chi connectivity index (χ0) is 29.6. The molecule has 216 valence electrons. The van der Waals surface area contributed by atoms with E-state index in [0.29, 0.717) is 12.5 Å². The van der Waals surface area contributed by atoms with Crippen LogP contribution in [0.25, 0.3) is 6.08 Å². The van der Waals surface area contributed by atoms with Gasteiger partial charge in [-0.2, -0.15) is 0 Å². The van der Waals surface area contributed by atoms with E-state index in [9.17, 15) is 4.79 Å². The van der Waals surface area contributed by atoms with Crippen LogP contribution in [0.5, 0.6) is 0 Å². The summed E-state index contributed by atoms with van der Waals surface area (Å²) in [6.07, 6.45) is 3.51. The van der Waals surface area contributed by atoms with E-state index in [-0.39, 0.29) is 23.2 Å². The molecule has 0 spiro atoms. The third-order valence-corrected chi connectivity index (χ3v) is 13.8. The first kappa shape index (κ1) is 29.3. The van der Waals surface area contributed by atoms with E-state index >= 15 is 0 Å². The molecule has 5 rings (SSSR count). The number of ether oxygens (including phenoxy) is 1. The van der Waals surface area contributed by atoms with Gasteiger partial charge in [-0.3, -0.25) is 4.90 Å². The number of hydrogen-bond acceptors (Lipinski definition) is 3. The second kappa shape index (κ2) is 10.9. The highest BCUT2D eigenvalue weighted by Crippen LogP contribution is 2.50. The van der Waals surface area contributed by atoms with Crippen LogP contribution in [-0.2, 0) is 15.6 Å². The Morgan fingerprint density at radius 2 is 1.56 bits per heavy atom. The van der Waals surface area contributed by atoms with Crippen LogP contribution in [0.2, 0.25) is 5.04 Å². The van der Waals surface area contributed by atoms with Gasteiger partial charge in [0.1, 0.15) is 5.60 Å². The van der Waals surface area contributed by atoms with E-state index in [0.717, 1.165) is 18.4 Å². The lowest BCUT2D eigenvalue weighted by Gasteiger charge is -2.44. The van der Waals surface area contributed by atoms with Crippen LogP contribution in [0.3, 0.4) is 0 Å². The number of nitrogens with zero attached hydrogens (tertiary/aromatic N) is 1. The summed E-state index contributed by atoms with van der Waals surface area (Å²) in [5, 5.41) is 2.36. The summed E-state index contributed by atoms with van der Waals surface area (Å²) in [6.45, 7) is 19.3. The molecule has 1 amide bonds. The molecule has 0 aromatic heterocycles. The fourth-order valence-corrected chi connectivity index (χ4v) is 11.7. The molecule has 3 aromatic carbocycles. The highest BCUT2D eigenvalue weighted by atomic mass is 28.4. The number of aryl methyl sites for hydroxylation is 1. The van der Waals surface area contributed by atoms with Gasteiger partial charge in [-0.05, 0) is 90.2 Å². The van der Waals surface area contributed by atoms with E-state index in [4.69, 9.17) is 9.16 Å². The largest absolute Gasteiger partial charge is 0.444 e. The average molecular weight is 568 g/mol.